The van der Waals surface area contributed by atoms with Crippen LogP contribution < -0.4 is 21.3 Å². The first-order valence-corrected chi connectivity index (χ1v) is 11.9. The van der Waals surface area contributed by atoms with Crippen LogP contribution in [0.5, 0.6) is 5.19 Å². The number of nitrogen functional groups attached to an aromatic ring is 1. The Morgan fingerprint density at radius 3 is 2.66 bits per heavy atom. The maximum Gasteiger partial charge on any atom is 0.273 e. The fourth-order valence-electron chi connectivity index (χ4n) is 3.76. The molecule has 2 aromatic carbocycles. The summed E-state index contributed by atoms with van der Waals surface area (Å²) in [5, 5.41) is 6.41. The molecule has 0 spiro atoms. The van der Waals surface area contributed by atoms with Gasteiger partial charge in [-0.25, -0.2) is 15.0 Å². The van der Waals surface area contributed by atoms with Crippen LogP contribution in [-0.2, 0) is 0 Å². The molecular weight excluding hydrogens is 486 g/mol. The number of nitrogens with two attached hydrogens (primary N) is 1. The van der Waals surface area contributed by atoms with Crippen LogP contribution in [0, 0.1) is 0 Å². The van der Waals surface area contributed by atoms with E-state index in [1.807, 2.05) is 42.6 Å². The van der Waals surface area contributed by atoms with Gasteiger partial charge in [0.05, 0.1) is 46.0 Å². The lowest BCUT2D eigenvalue weighted by Gasteiger charge is -2.21. The summed E-state index contributed by atoms with van der Waals surface area (Å²) in [6.45, 7) is 1.89. The number of halogens is 1. The highest BCUT2D eigenvalue weighted by Crippen LogP contribution is 2.32. The fraction of sp³-hybridized carbons (Fsp3) is 0.125. The Kier molecular flexibility index (Phi) is 6.06. The van der Waals surface area contributed by atoms with E-state index in [4.69, 9.17) is 27.1 Å². The number of para-hydroxylation sites is 1. The number of hydrogen-bond donors (Lipinski definition) is 2. The van der Waals surface area contributed by atoms with Crippen molar-refractivity contribution < 1.29 is 4.74 Å². The van der Waals surface area contributed by atoms with Crippen molar-refractivity contribution >= 4 is 45.6 Å². The van der Waals surface area contributed by atoms with Crippen molar-refractivity contribution in [1.29, 1.82) is 0 Å². The number of fused-ring (bicyclic) bond motifs is 1. The minimum atomic E-state index is -0.458. The van der Waals surface area contributed by atoms with Gasteiger partial charge in [0.2, 0.25) is 5.95 Å². The summed E-state index contributed by atoms with van der Waals surface area (Å²) in [6.07, 6.45) is 1.60. The zero-order valence-corrected chi connectivity index (χ0v) is 20.3. The van der Waals surface area contributed by atoms with Gasteiger partial charge >= 0.3 is 0 Å². The van der Waals surface area contributed by atoms with Crippen molar-refractivity contribution in [2.24, 2.45) is 0 Å². The van der Waals surface area contributed by atoms with Crippen LogP contribution in [0.2, 0.25) is 5.02 Å². The van der Waals surface area contributed by atoms with E-state index in [-0.39, 0.29) is 11.5 Å². The molecule has 0 amide bonds. The number of rotatable bonds is 6. The summed E-state index contributed by atoms with van der Waals surface area (Å²) in [6, 6.07) is 14.1. The maximum atomic E-state index is 13.6. The van der Waals surface area contributed by atoms with Gasteiger partial charge in [-0.2, -0.15) is 4.98 Å². The fourth-order valence-corrected chi connectivity index (χ4v) is 4.65. The van der Waals surface area contributed by atoms with Gasteiger partial charge < -0.3 is 15.8 Å². The topological polar surface area (TPSA) is 121 Å². The molecule has 0 saturated carbocycles. The first-order valence-electron chi connectivity index (χ1n) is 10.6. The summed E-state index contributed by atoms with van der Waals surface area (Å²) in [5.41, 5.74) is 8.09. The second-order valence-electron chi connectivity index (χ2n) is 7.64. The number of nitrogens with zero attached hydrogens (tertiary/aromatic N) is 5. The van der Waals surface area contributed by atoms with Crippen LogP contribution in [-0.4, -0.2) is 31.6 Å². The molecule has 11 heteroatoms. The van der Waals surface area contributed by atoms with Gasteiger partial charge in [0.1, 0.15) is 11.6 Å². The number of ether oxygens (including phenoxy) is 1. The number of methoxy groups -OCH3 is 1. The van der Waals surface area contributed by atoms with Crippen molar-refractivity contribution in [3.8, 4) is 22.1 Å². The van der Waals surface area contributed by atoms with E-state index >= 15 is 0 Å². The number of nitrogens with one attached hydrogen (secondary N) is 1. The first kappa shape index (κ1) is 22.8. The Bertz CT molecular complexity index is 1590. The molecule has 0 saturated heterocycles. The predicted molar refractivity (Wildman–Crippen MR) is 138 cm³/mol. The molecule has 0 aliphatic heterocycles. The maximum absolute atomic E-state index is 13.6. The molecule has 3 heterocycles. The minimum Gasteiger partial charge on any atom is -0.473 e. The van der Waals surface area contributed by atoms with Crippen molar-refractivity contribution in [2.75, 3.05) is 18.2 Å². The van der Waals surface area contributed by atoms with Crippen LogP contribution in [0.3, 0.4) is 0 Å². The molecule has 9 nitrogen and oxygen atoms in total. The lowest BCUT2D eigenvalue weighted by molar-refractivity contribution is 0.412. The summed E-state index contributed by atoms with van der Waals surface area (Å²) in [4.78, 5) is 31.4. The summed E-state index contributed by atoms with van der Waals surface area (Å²) in [5.74, 6) is 1.04. The molecule has 1 atom stereocenters. The highest BCUT2D eigenvalue weighted by molar-refractivity contribution is 7.11. The zero-order chi connectivity index (χ0) is 24.5. The van der Waals surface area contributed by atoms with Gasteiger partial charge in [0, 0.05) is 11.6 Å². The van der Waals surface area contributed by atoms with Gasteiger partial charge in [-0.1, -0.05) is 47.2 Å². The smallest absolute Gasteiger partial charge is 0.273 e. The third-order valence-corrected chi connectivity index (χ3v) is 6.48. The minimum absolute atomic E-state index is 0.101. The van der Waals surface area contributed by atoms with Crippen molar-refractivity contribution in [2.45, 2.75) is 13.0 Å². The molecule has 0 aliphatic rings. The number of anilines is 2. The number of benzene rings is 2. The molecule has 35 heavy (non-hydrogen) atoms. The molecule has 0 radical (unpaired) electrons. The summed E-state index contributed by atoms with van der Waals surface area (Å²) in [7, 11) is 1.56. The van der Waals surface area contributed by atoms with Crippen molar-refractivity contribution in [3.63, 3.8) is 0 Å². The van der Waals surface area contributed by atoms with Crippen LogP contribution in [0.1, 0.15) is 18.8 Å². The van der Waals surface area contributed by atoms with Gasteiger partial charge in [0.15, 0.2) is 0 Å². The molecule has 0 unspecified atom stereocenters. The quantitative estimate of drug-likeness (QED) is 0.340. The van der Waals surface area contributed by atoms with E-state index in [0.29, 0.717) is 49.7 Å². The van der Waals surface area contributed by atoms with Gasteiger partial charge in [-0.05, 0) is 31.2 Å². The molecular formula is C24H20ClN7O2S. The van der Waals surface area contributed by atoms with E-state index in [9.17, 15) is 4.79 Å². The lowest BCUT2D eigenvalue weighted by Crippen LogP contribution is -2.27. The third-order valence-electron chi connectivity index (χ3n) is 5.37. The van der Waals surface area contributed by atoms with Crippen LogP contribution >= 0.6 is 22.9 Å². The van der Waals surface area contributed by atoms with Crippen molar-refractivity contribution in [1.82, 2.24) is 24.5 Å². The number of hydrogen-bond acceptors (Lipinski definition) is 9. The molecule has 5 rings (SSSR count). The van der Waals surface area contributed by atoms with E-state index in [1.165, 1.54) is 11.3 Å². The Morgan fingerprint density at radius 1 is 1.11 bits per heavy atom. The molecule has 3 N–H and O–H groups in total. The SMILES string of the molecule is COc1nc(-c2cnc(N)nc2N[C@H](C)c2nc3cccc(Cl)c3c(=O)n2-c2ccccc2)cs1. The number of aromatic nitrogens is 5. The Balaban J connectivity index is 1.65. The first-order chi connectivity index (χ1) is 17.0. The molecule has 3 aromatic heterocycles. The van der Waals surface area contributed by atoms with Crippen LogP contribution in [0.4, 0.5) is 11.8 Å². The van der Waals surface area contributed by atoms with E-state index < -0.39 is 6.04 Å². The molecule has 0 fully saturated rings. The second-order valence-corrected chi connectivity index (χ2v) is 8.87. The monoisotopic (exact) mass is 505 g/mol. The predicted octanol–water partition coefficient (Wildman–Crippen LogP) is 4.72. The van der Waals surface area contributed by atoms with Crippen molar-refractivity contribution in [3.05, 3.63) is 81.3 Å². The highest BCUT2D eigenvalue weighted by Gasteiger charge is 2.21. The standard InChI is InChI=1S/C24H20ClN7O2S/c1-13(28-20-15(11-27-23(26)31-20)18-12-35-24(30-18)34-2)21-29-17-10-6-9-16(25)19(17)22(33)32(21)14-7-4-3-5-8-14/h3-13H,1-2H3,(H3,26,27,28,31)/t13-/m1/s1. The van der Waals surface area contributed by atoms with E-state index in [0.717, 1.165) is 0 Å². The Hall–Kier alpha value is -4.02. The van der Waals surface area contributed by atoms with E-state index in [2.05, 4.69) is 20.3 Å². The average Bonchev–Trinajstić information content (AvgIpc) is 3.33. The average molecular weight is 506 g/mol. The molecule has 0 bridgehead atoms. The largest absolute Gasteiger partial charge is 0.473 e. The summed E-state index contributed by atoms with van der Waals surface area (Å²) >= 11 is 7.75. The Morgan fingerprint density at radius 2 is 1.91 bits per heavy atom. The molecule has 176 valence electrons. The van der Waals surface area contributed by atoms with Crippen LogP contribution in [0.25, 0.3) is 27.8 Å². The Labute approximate surface area is 209 Å². The number of thiazole rings is 1. The summed E-state index contributed by atoms with van der Waals surface area (Å²) < 4.78 is 6.78. The van der Waals surface area contributed by atoms with E-state index in [1.54, 1.807) is 36.1 Å². The van der Waals surface area contributed by atoms with Gasteiger partial charge in [-0.3, -0.25) is 9.36 Å². The molecule has 5 aromatic rings. The van der Waals surface area contributed by atoms with Gasteiger partial charge in [-0.15, -0.1) is 0 Å². The lowest BCUT2D eigenvalue weighted by atomic mass is 10.2. The zero-order valence-electron chi connectivity index (χ0n) is 18.8. The normalized spacial score (nSPS) is 12.0. The molecule has 0 aliphatic carbocycles. The highest BCUT2D eigenvalue weighted by atomic mass is 35.5. The van der Waals surface area contributed by atoms with Crippen LogP contribution in [0.15, 0.2) is 64.9 Å². The second kappa shape index (κ2) is 9.32. The third kappa shape index (κ3) is 4.29. The van der Waals surface area contributed by atoms with Gasteiger partial charge in [0.25, 0.3) is 10.8 Å².